The van der Waals surface area contributed by atoms with E-state index in [1.54, 1.807) is 11.3 Å². The molecule has 0 aliphatic carbocycles. The van der Waals surface area contributed by atoms with Gasteiger partial charge in [0.25, 0.3) is 0 Å². The van der Waals surface area contributed by atoms with Crippen molar-refractivity contribution in [3.63, 3.8) is 0 Å². The lowest BCUT2D eigenvalue weighted by Crippen LogP contribution is -2.05. The van der Waals surface area contributed by atoms with Gasteiger partial charge >= 0.3 is 0 Å². The summed E-state index contributed by atoms with van der Waals surface area (Å²) in [5, 5.41) is 3.48. The van der Waals surface area contributed by atoms with E-state index in [-0.39, 0.29) is 0 Å². The molecule has 2 rings (SSSR count). The van der Waals surface area contributed by atoms with E-state index in [9.17, 15) is 0 Å². The number of aromatic nitrogens is 1. The molecule has 2 nitrogen and oxygen atoms in total. The zero-order valence-electron chi connectivity index (χ0n) is 10.9. The summed E-state index contributed by atoms with van der Waals surface area (Å²) in [4.78, 5) is 5.64. The van der Waals surface area contributed by atoms with Crippen molar-refractivity contribution in [2.75, 3.05) is 11.9 Å². The van der Waals surface area contributed by atoms with Gasteiger partial charge in [0.15, 0.2) is 0 Å². The molecule has 1 N–H and O–H groups in total. The van der Waals surface area contributed by atoms with Crippen molar-refractivity contribution in [3.05, 3.63) is 43.8 Å². The fourth-order valence-corrected chi connectivity index (χ4v) is 2.94. The molecule has 1 aromatic heterocycles. The molecule has 0 spiro atoms. The van der Waals surface area contributed by atoms with Crippen LogP contribution >= 0.6 is 27.3 Å². The van der Waals surface area contributed by atoms with Gasteiger partial charge in [-0.05, 0) is 44.0 Å². The number of halogens is 1. The quantitative estimate of drug-likeness (QED) is 0.896. The fourth-order valence-electron chi connectivity index (χ4n) is 1.93. The zero-order valence-corrected chi connectivity index (χ0v) is 13.3. The maximum Gasteiger partial charge on any atom is 0.0797 e. The Morgan fingerprint density at radius 3 is 2.44 bits per heavy atom. The summed E-state index contributed by atoms with van der Waals surface area (Å²) in [6, 6.07) is 4.35. The van der Waals surface area contributed by atoms with Crippen molar-refractivity contribution in [2.24, 2.45) is 0 Å². The maximum absolute atomic E-state index is 4.27. The number of anilines is 1. The van der Waals surface area contributed by atoms with Gasteiger partial charge in [-0.3, -0.25) is 0 Å². The second-order valence-corrected chi connectivity index (χ2v) is 6.19. The summed E-state index contributed by atoms with van der Waals surface area (Å²) in [6.45, 7) is 7.26. The third-order valence-corrected chi connectivity index (χ3v) is 5.21. The molecule has 0 fully saturated rings. The molecule has 1 aromatic carbocycles. The molecule has 0 amide bonds. The topological polar surface area (TPSA) is 24.9 Å². The van der Waals surface area contributed by atoms with Gasteiger partial charge in [0, 0.05) is 28.0 Å². The average Bonchev–Trinajstić information content (AvgIpc) is 2.72. The van der Waals surface area contributed by atoms with Crippen molar-refractivity contribution >= 4 is 33.0 Å². The molecule has 4 heteroatoms. The van der Waals surface area contributed by atoms with E-state index in [0.29, 0.717) is 0 Å². The standard InChI is InChI=1S/C14H17BrN2S/c1-9-6-12(7-10(2)14(9)15)16-5-4-13-11(3)17-8-18-13/h6-8,16H,4-5H2,1-3H3. The Hall–Kier alpha value is -0.870. The van der Waals surface area contributed by atoms with Gasteiger partial charge in [0.2, 0.25) is 0 Å². The van der Waals surface area contributed by atoms with Crippen molar-refractivity contribution in [2.45, 2.75) is 27.2 Å². The third kappa shape index (κ3) is 3.12. The molecular weight excluding hydrogens is 308 g/mol. The van der Waals surface area contributed by atoms with E-state index in [2.05, 4.69) is 59.1 Å². The molecule has 0 aliphatic heterocycles. The Kier molecular flexibility index (Phi) is 4.40. The predicted octanol–water partition coefficient (Wildman–Crippen LogP) is 4.49. The van der Waals surface area contributed by atoms with Gasteiger partial charge < -0.3 is 5.32 Å². The first-order valence-electron chi connectivity index (χ1n) is 5.97. The number of aryl methyl sites for hydroxylation is 3. The van der Waals surface area contributed by atoms with Gasteiger partial charge in [-0.1, -0.05) is 15.9 Å². The summed E-state index contributed by atoms with van der Waals surface area (Å²) < 4.78 is 1.20. The Morgan fingerprint density at radius 1 is 1.22 bits per heavy atom. The molecule has 0 atom stereocenters. The zero-order chi connectivity index (χ0) is 13.1. The Morgan fingerprint density at radius 2 is 1.89 bits per heavy atom. The highest BCUT2D eigenvalue weighted by Crippen LogP contribution is 2.25. The molecule has 0 saturated heterocycles. The van der Waals surface area contributed by atoms with Crippen LogP contribution in [0.15, 0.2) is 22.1 Å². The van der Waals surface area contributed by atoms with Crippen LogP contribution in [0.1, 0.15) is 21.7 Å². The van der Waals surface area contributed by atoms with Crippen LogP contribution in [0.4, 0.5) is 5.69 Å². The second-order valence-electron chi connectivity index (χ2n) is 4.46. The minimum absolute atomic E-state index is 0.948. The van der Waals surface area contributed by atoms with Crippen molar-refractivity contribution in [1.82, 2.24) is 4.98 Å². The van der Waals surface area contributed by atoms with Crippen LogP contribution in [0.3, 0.4) is 0 Å². The molecule has 0 unspecified atom stereocenters. The summed E-state index contributed by atoms with van der Waals surface area (Å²) in [5.41, 5.74) is 6.80. The fraction of sp³-hybridized carbons (Fsp3) is 0.357. The molecule has 2 aromatic rings. The molecule has 1 heterocycles. The van der Waals surface area contributed by atoms with Crippen LogP contribution in [-0.2, 0) is 6.42 Å². The molecule has 0 radical (unpaired) electrons. The lowest BCUT2D eigenvalue weighted by atomic mass is 10.1. The minimum Gasteiger partial charge on any atom is -0.385 e. The first-order valence-corrected chi connectivity index (χ1v) is 7.65. The Balaban J connectivity index is 1.97. The molecule has 96 valence electrons. The van der Waals surface area contributed by atoms with Gasteiger partial charge in [-0.25, -0.2) is 4.98 Å². The first-order chi connectivity index (χ1) is 8.58. The largest absolute Gasteiger partial charge is 0.385 e. The molecular formula is C14H17BrN2S. The summed E-state index contributed by atoms with van der Waals surface area (Å²) in [7, 11) is 0. The monoisotopic (exact) mass is 324 g/mol. The van der Waals surface area contributed by atoms with Crippen LogP contribution in [0, 0.1) is 20.8 Å². The molecule has 0 aliphatic rings. The number of nitrogens with one attached hydrogen (secondary N) is 1. The number of hydrogen-bond donors (Lipinski definition) is 1. The van der Waals surface area contributed by atoms with Crippen LogP contribution < -0.4 is 5.32 Å². The first kappa shape index (κ1) is 13.6. The van der Waals surface area contributed by atoms with Crippen LogP contribution in [0.2, 0.25) is 0 Å². The Bertz CT molecular complexity index is 525. The highest BCUT2D eigenvalue weighted by atomic mass is 79.9. The maximum atomic E-state index is 4.27. The van der Waals surface area contributed by atoms with Gasteiger partial charge in [-0.2, -0.15) is 0 Å². The number of thiazole rings is 1. The average molecular weight is 325 g/mol. The van der Waals surface area contributed by atoms with Crippen LogP contribution in [0.5, 0.6) is 0 Å². The third-order valence-electron chi connectivity index (χ3n) is 2.96. The van der Waals surface area contributed by atoms with E-state index >= 15 is 0 Å². The molecule has 18 heavy (non-hydrogen) atoms. The van der Waals surface area contributed by atoms with Gasteiger partial charge in [0.05, 0.1) is 11.2 Å². The van der Waals surface area contributed by atoms with Crippen molar-refractivity contribution < 1.29 is 0 Å². The molecule has 0 bridgehead atoms. The van der Waals surface area contributed by atoms with E-state index in [0.717, 1.165) is 18.7 Å². The second kappa shape index (κ2) is 5.85. The molecule has 0 saturated carbocycles. The normalized spacial score (nSPS) is 10.7. The summed E-state index contributed by atoms with van der Waals surface area (Å²) in [5.74, 6) is 0. The minimum atomic E-state index is 0.948. The summed E-state index contributed by atoms with van der Waals surface area (Å²) in [6.07, 6.45) is 1.03. The van der Waals surface area contributed by atoms with Crippen LogP contribution in [-0.4, -0.2) is 11.5 Å². The van der Waals surface area contributed by atoms with E-state index in [1.807, 2.05) is 5.51 Å². The highest BCUT2D eigenvalue weighted by molar-refractivity contribution is 9.10. The Labute approximate surface area is 121 Å². The van der Waals surface area contributed by atoms with E-state index < -0.39 is 0 Å². The number of rotatable bonds is 4. The SMILES string of the molecule is Cc1cc(NCCc2scnc2C)cc(C)c1Br. The van der Waals surface area contributed by atoms with E-state index in [4.69, 9.17) is 0 Å². The summed E-state index contributed by atoms with van der Waals surface area (Å²) >= 11 is 5.32. The number of benzene rings is 1. The smallest absolute Gasteiger partial charge is 0.0797 e. The van der Waals surface area contributed by atoms with Crippen LogP contribution in [0.25, 0.3) is 0 Å². The van der Waals surface area contributed by atoms with Gasteiger partial charge in [0.1, 0.15) is 0 Å². The van der Waals surface area contributed by atoms with Crippen molar-refractivity contribution in [1.29, 1.82) is 0 Å². The lowest BCUT2D eigenvalue weighted by Gasteiger charge is -2.10. The number of hydrogen-bond acceptors (Lipinski definition) is 3. The van der Waals surface area contributed by atoms with Crippen molar-refractivity contribution in [3.8, 4) is 0 Å². The van der Waals surface area contributed by atoms with Gasteiger partial charge in [-0.15, -0.1) is 11.3 Å². The number of nitrogens with zero attached hydrogens (tertiary/aromatic N) is 1. The highest BCUT2D eigenvalue weighted by Gasteiger charge is 2.03. The predicted molar refractivity (Wildman–Crippen MR) is 82.7 cm³/mol. The lowest BCUT2D eigenvalue weighted by molar-refractivity contribution is 1.02. The van der Waals surface area contributed by atoms with E-state index in [1.165, 1.54) is 26.2 Å².